The summed E-state index contributed by atoms with van der Waals surface area (Å²) in [6, 6.07) is 23.7. The van der Waals surface area contributed by atoms with Crippen LogP contribution in [0.4, 0.5) is 5.69 Å². The number of nitrogens with one attached hydrogen (secondary N) is 2. The highest BCUT2D eigenvalue weighted by Gasteiger charge is 2.20. The van der Waals surface area contributed by atoms with Crippen molar-refractivity contribution in [1.82, 2.24) is 19.9 Å². The average Bonchev–Trinajstić information content (AvgIpc) is 3.31. The standard InChI is InChI=1S/C29H29N5O2/c1-19-32-27-11-7-5-9-23(27)29(36)34(19)18-28(35)31-16-24(20-12-14-21(15-13-20)33(2)3)25-17-30-26-10-6-4-8-22(25)26/h4-15,17,24,30H,16,18H2,1-3H3,(H,31,35). The fraction of sp³-hybridized carbons (Fsp3) is 0.207. The molecule has 3 aromatic carbocycles. The summed E-state index contributed by atoms with van der Waals surface area (Å²) in [6.45, 7) is 2.07. The van der Waals surface area contributed by atoms with Crippen LogP contribution in [0.25, 0.3) is 21.8 Å². The van der Waals surface area contributed by atoms with Crippen molar-refractivity contribution in [3.63, 3.8) is 0 Å². The molecule has 0 aliphatic carbocycles. The number of aromatic amines is 1. The second-order valence-electron chi connectivity index (χ2n) is 9.20. The molecule has 182 valence electrons. The Morgan fingerprint density at radius 2 is 1.69 bits per heavy atom. The topological polar surface area (TPSA) is 83.0 Å². The molecular formula is C29H29N5O2. The van der Waals surface area contributed by atoms with Crippen LogP contribution in [0.2, 0.25) is 0 Å². The van der Waals surface area contributed by atoms with Gasteiger partial charge in [-0.15, -0.1) is 0 Å². The van der Waals surface area contributed by atoms with Crippen LogP contribution >= 0.6 is 0 Å². The van der Waals surface area contributed by atoms with Crippen LogP contribution in [0.5, 0.6) is 0 Å². The van der Waals surface area contributed by atoms with Crippen LogP contribution in [-0.4, -0.2) is 41.1 Å². The third kappa shape index (κ3) is 4.47. The van der Waals surface area contributed by atoms with Crippen molar-refractivity contribution in [3.8, 4) is 0 Å². The molecule has 1 amide bonds. The monoisotopic (exact) mass is 479 g/mol. The summed E-state index contributed by atoms with van der Waals surface area (Å²) in [5.41, 5.74) is 4.81. The summed E-state index contributed by atoms with van der Waals surface area (Å²) in [5, 5.41) is 4.70. The maximum Gasteiger partial charge on any atom is 0.261 e. The van der Waals surface area contributed by atoms with Crippen LogP contribution in [0, 0.1) is 6.92 Å². The highest BCUT2D eigenvalue weighted by molar-refractivity contribution is 5.84. The van der Waals surface area contributed by atoms with Crippen molar-refractivity contribution >= 4 is 33.4 Å². The lowest BCUT2D eigenvalue weighted by Gasteiger charge is -2.20. The van der Waals surface area contributed by atoms with Gasteiger partial charge in [0.25, 0.3) is 5.56 Å². The summed E-state index contributed by atoms with van der Waals surface area (Å²) in [5.74, 6) is 0.224. The molecule has 0 saturated carbocycles. The molecule has 1 unspecified atom stereocenters. The van der Waals surface area contributed by atoms with Crippen LogP contribution in [-0.2, 0) is 11.3 Å². The van der Waals surface area contributed by atoms with Gasteiger partial charge in [0.05, 0.1) is 10.9 Å². The molecule has 0 aliphatic heterocycles. The average molecular weight is 480 g/mol. The minimum atomic E-state index is -0.230. The van der Waals surface area contributed by atoms with E-state index in [4.69, 9.17) is 0 Å². The van der Waals surface area contributed by atoms with E-state index in [2.05, 4.69) is 50.5 Å². The Morgan fingerprint density at radius 3 is 2.44 bits per heavy atom. The quantitative estimate of drug-likeness (QED) is 0.367. The highest BCUT2D eigenvalue weighted by Crippen LogP contribution is 2.31. The van der Waals surface area contributed by atoms with Gasteiger partial charge < -0.3 is 15.2 Å². The van der Waals surface area contributed by atoms with Crippen LogP contribution in [0.15, 0.2) is 83.8 Å². The molecular weight excluding hydrogens is 450 g/mol. The fourth-order valence-electron chi connectivity index (χ4n) is 4.68. The van der Waals surface area contributed by atoms with Gasteiger partial charge in [-0.3, -0.25) is 14.2 Å². The van der Waals surface area contributed by atoms with E-state index < -0.39 is 0 Å². The zero-order valence-electron chi connectivity index (χ0n) is 20.7. The SMILES string of the molecule is Cc1nc2ccccc2c(=O)n1CC(=O)NCC(c1ccc(N(C)C)cc1)c1c[nH]c2ccccc12. The number of hydrogen-bond donors (Lipinski definition) is 2. The van der Waals surface area contributed by atoms with Crippen molar-refractivity contribution < 1.29 is 4.79 Å². The van der Waals surface area contributed by atoms with Crippen LogP contribution in [0.1, 0.15) is 22.9 Å². The van der Waals surface area contributed by atoms with Gasteiger partial charge in [0.2, 0.25) is 5.91 Å². The molecule has 2 heterocycles. The summed E-state index contributed by atoms with van der Waals surface area (Å²) in [7, 11) is 4.02. The number of H-pyrrole nitrogens is 1. The minimum absolute atomic E-state index is 0.0612. The maximum atomic E-state index is 13.1. The summed E-state index contributed by atoms with van der Waals surface area (Å²) >= 11 is 0. The Labute approximate surface area is 209 Å². The van der Waals surface area contributed by atoms with Crippen molar-refractivity contribution in [3.05, 3.63) is 106 Å². The number of amides is 1. The Balaban J connectivity index is 1.42. The molecule has 7 nitrogen and oxygen atoms in total. The molecule has 36 heavy (non-hydrogen) atoms. The third-order valence-electron chi connectivity index (χ3n) is 6.67. The number of hydrogen-bond acceptors (Lipinski definition) is 4. The summed E-state index contributed by atoms with van der Waals surface area (Å²) in [6.07, 6.45) is 2.02. The number of aryl methyl sites for hydroxylation is 1. The molecule has 5 rings (SSSR count). The molecule has 7 heteroatoms. The van der Waals surface area contributed by atoms with E-state index in [0.717, 1.165) is 27.7 Å². The number of anilines is 1. The van der Waals surface area contributed by atoms with Crippen molar-refractivity contribution in [2.24, 2.45) is 0 Å². The Bertz CT molecular complexity index is 1600. The molecule has 0 spiro atoms. The molecule has 2 aromatic heterocycles. The first-order chi connectivity index (χ1) is 17.4. The molecule has 2 N–H and O–H groups in total. The summed E-state index contributed by atoms with van der Waals surface area (Å²) in [4.78, 5) is 36.0. The first-order valence-electron chi connectivity index (χ1n) is 12.0. The van der Waals surface area contributed by atoms with E-state index in [1.165, 1.54) is 4.57 Å². The Morgan fingerprint density at radius 1 is 1.00 bits per heavy atom. The highest BCUT2D eigenvalue weighted by atomic mass is 16.2. The van der Waals surface area contributed by atoms with Crippen LogP contribution < -0.4 is 15.8 Å². The van der Waals surface area contributed by atoms with Gasteiger partial charge in [0, 0.05) is 49.3 Å². The number of carbonyl (C=O) groups excluding carboxylic acids is 1. The van der Waals surface area contributed by atoms with Gasteiger partial charge in [-0.05, 0) is 48.4 Å². The molecule has 0 fully saturated rings. The van der Waals surface area contributed by atoms with Crippen molar-refractivity contribution in [2.75, 3.05) is 25.5 Å². The van der Waals surface area contributed by atoms with E-state index in [9.17, 15) is 9.59 Å². The van der Waals surface area contributed by atoms with Crippen molar-refractivity contribution in [1.29, 1.82) is 0 Å². The van der Waals surface area contributed by atoms with Crippen LogP contribution in [0.3, 0.4) is 0 Å². The minimum Gasteiger partial charge on any atom is -0.378 e. The lowest BCUT2D eigenvalue weighted by Crippen LogP contribution is -2.36. The predicted molar refractivity (Wildman–Crippen MR) is 145 cm³/mol. The van der Waals surface area contributed by atoms with E-state index in [0.29, 0.717) is 23.3 Å². The first kappa shape index (κ1) is 23.4. The largest absolute Gasteiger partial charge is 0.378 e. The number of para-hydroxylation sites is 2. The lowest BCUT2D eigenvalue weighted by molar-refractivity contribution is -0.121. The van der Waals surface area contributed by atoms with Gasteiger partial charge in [0.1, 0.15) is 12.4 Å². The zero-order chi connectivity index (χ0) is 25.2. The molecule has 0 saturated heterocycles. The van der Waals surface area contributed by atoms with Gasteiger partial charge in [-0.1, -0.05) is 42.5 Å². The van der Waals surface area contributed by atoms with Crippen molar-refractivity contribution in [2.45, 2.75) is 19.4 Å². The Kier molecular flexibility index (Phi) is 6.29. The maximum absolute atomic E-state index is 13.1. The van der Waals surface area contributed by atoms with E-state index in [1.807, 2.05) is 50.6 Å². The summed E-state index contributed by atoms with van der Waals surface area (Å²) < 4.78 is 1.43. The first-order valence-corrected chi connectivity index (χ1v) is 12.0. The number of aromatic nitrogens is 3. The number of rotatable bonds is 7. The number of carbonyl (C=O) groups is 1. The lowest BCUT2D eigenvalue weighted by atomic mass is 9.90. The second-order valence-corrected chi connectivity index (χ2v) is 9.20. The van der Waals surface area contributed by atoms with E-state index in [1.54, 1.807) is 19.1 Å². The van der Waals surface area contributed by atoms with Gasteiger partial charge in [-0.2, -0.15) is 0 Å². The van der Waals surface area contributed by atoms with Gasteiger partial charge in [0.15, 0.2) is 0 Å². The molecule has 0 radical (unpaired) electrons. The fourth-order valence-corrected chi connectivity index (χ4v) is 4.68. The molecule has 0 aliphatic rings. The van der Waals surface area contributed by atoms with Gasteiger partial charge >= 0.3 is 0 Å². The van der Waals surface area contributed by atoms with E-state index in [-0.39, 0.29) is 23.9 Å². The molecule has 0 bridgehead atoms. The third-order valence-corrected chi connectivity index (χ3v) is 6.67. The zero-order valence-corrected chi connectivity index (χ0v) is 20.7. The Hall–Kier alpha value is -4.39. The second kappa shape index (κ2) is 9.70. The number of benzene rings is 3. The van der Waals surface area contributed by atoms with E-state index >= 15 is 0 Å². The number of fused-ring (bicyclic) bond motifs is 2. The van der Waals surface area contributed by atoms with Gasteiger partial charge in [-0.25, -0.2) is 4.98 Å². The molecule has 5 aromatic rings. The molecule has 1 atom stereocenters. The normalized spacial score (nSPS) is 12.1. The number of nitrogens with zero attached hydrogens (tertiary/aromatic N) is 3. The predicted octanol–water partition coefficient (Wildman–Crippen LogP) is 4.20. The smallest absolute Gasteiger partial charge is 0.261 e.